The normalized spacial score (nSPS) is 20.1. The molecule has 0 N–H and O–H groups in total. The molecule has 0 aromatic heterocycles. The standard InChI is InChI=1S/C24H29NO4/c1-25(2)24(13-9-11-19-10-7-6-8-12-20(19)24)17-29-16-18-14-21(26-3)23(28-5)22(15-18)27-4/h6-15H,16-17H2,1-5H3. The number of allylic oxidation sites excluding steroid dienone is 7. The third kappa shape index (κ3) is 4.16. The fraction of sp³-hybridized carbons (Fsp3) is 0.333. The molecule has 0 fully saturated rings. The molecular weight excluding hydrogens is 366 g/mol. The van der Waals surface area contributed by atoms with Gasteiger partial charge in [0.05, 0.1) is 40.1 Å². The van der Waals surface area contributed by atoms with E-state index in [1.54, 1.807) is 21.3 Å². The highest BCUT2D eigenvalue weighted by molar-refractivity contribution is 5.57. The molecule has 5 heteroatoms. The average molecular weight is 395 g/mol. The van der Waals surface area contributed by atoms with Crippen LogP contribution in [0.3, 0.4) is 0 Å². The van der Waals surface area contributed by atoms with Gasteiger partial charge in [-0.3, -0.25) is 4.90 Å². The molecule has 0 saturated heterocycles. The predicted molar refractivity (Wildman–Crippen MR) is 116 cm³/mol. The maximum absolute atomic E-state index is 6.23. The Kier molecular flexibility index (Phi) is 6.62. The van der Waals surface area contributed by atoms with Crippen molar-refractivity contribution in [2.75, 3.05) is 42.0 Å². The van der Waals surface area contributed by atoms with Gasteiger partial charge in [-0.15, -0.1) is 0 Å². The van der Waals surface area contributed by atoms with E-state index in [0.29, 0.717) is 30.5 Å². The molecule has 1 atom stereocenters. The van der Waals surface area contributed by atoms with Gasteiger partial charge in [0, 0.05) is 0 Å². The van der Waals surface area contributed by atoms with Gasteiger partial charge in [-0.1, -0.05) is 48.6 Å². The molecule has 3 rings (SSSR count). The van der Waals surface area contributed by atoms with Crippen molar-refractivity contribution in [1.29, 1.82) is 0 Å². The Morgan fingerprint density at radius 1 is 0.862 bits per heavy atom. The van der Waals surface area contributed by atoms with Crippen molar-refractivity contribution in [3.63, 3.8) is 0 Å². The maximum atomic E-state index is 6.23. The Hall–Kier alpha value is -2.76. The molecule has 154 valence electrons. The lowest BCUT2D eigenvalue weighted by Crippen LogP contribution is -2.49. The van der Waals surface area contributed by atoms with Gasteiger partial charge in [0.15, 0.2) is 11.5 Å². The molecular formula is C24H29NO4. The Morgan fingerprint density at radius 2 is 1.59 bits per heavy atom. The van der Waals surface area contributed by atoms with Crippen LogP contribution in [0.1, 0.15) is 5.56 Å². The number of rotatable bonds is 8. The van der Waals surface area contributed by atoms with E-state index in [9.17, 15) is 0 Å². The van der Waals surface area contributed by atoms with Crippen molar-refractivity contribution in [1.82, 2.24) is 4.90 Å². The molecule has 2 aliphatic rings. The van der Waals surface area contributed by atoms with E-state index >= 15 is 0 Å². The Bertz CT molecular complexity index is 867. The summed E-state index contributed by atoms with van der Waals surface area (Å²) < 4.78 is 22.5. The van der Waals surface area contributed by atoms with Crippen LogP contribution in [0.2, 0.25) is 0 Å². The average Bonchev–Trinajstić information content (AvgIpc) is 2.99. The van der Waals surface area contributed by atoms with E-state index in [4.69, 9.17) is 18.9 Å². The minimum absolute atomic E-state index is 0.344. The van der Waals surface area contributed by atoms with Crippen molar-refractivity contribution in [3.8, 4) is 17.2 Å². The summed E-state index contributed by atoms with van der Waals surface area (Å²) in [7, 11) is 8.98. The summed E-state index contributed by atoms with van der Waals surface area (Å²) in [6.07, 6.45) is 16.9. The molecule has 5 nitrogen and oxygen atoms in total. The van der Waals surface area contributed by atoms with E-state index in [-0.39, 0.29) is 5.54 Å². The summed E-state index contributed by atoms with van der Waals surface area (Å²) in [4.78, 5) is 2.20. The first-order valence-corrected chi connectivity index (χ1v) is 9.55. The number of likely N-dealkylation sites (N-methyl/N-ethyl adjacent to an activating group) is 1. The summed E-state index contributed by atoms with van der Waals surface area (Å²) >= 11 is 0. The summed E-state index contributed by atoms with van der Waals surface area (Å²) in [6.45, 7) is 0.941. The van der Waals surface area contributed by atoms with Gasteiger partial charge < -0.3 is 18.9 Å². The van der Waals surface area contributed by atoms with Crippen molar-refractivity contribution in [2.45, 2.75) is 12.1 Å². The number of methoxy groups -OCH3 is 3. The third-order valence-electron chi connectivity index (χ3n) is 5.30. The fourth-order valence-electron chi connectivity index (χ4n) is 3.69. The van der Waals surface area contributed by atoms with Crippen molar-refractivity contribution < 1.29 is 18.9 Å². The van der Waals surface area contributed by atoms with Gasteiger partial charge in [-0.25, -0.2) is 0 Å². The summed E-state index contributed by atoms with van der Waals surface area (Å²) in [5.41, 5.74) is 3.03. The van der Waals surface area contributed by atoms with Crippen molar-refractivity contribution in [2.24, 2.45) is 0 Å². The van der Waals surface area contributed by atoms with Crippen LogP contribution < -0.4 is 14.2 Å². The molecule has 0 spiro atoms. The molecule has 1 aromatic carbocycles. The lowest BCUT2D eigenvalue weighted by Gasteiger charge is -2.41. The molecule has 0 amide bonds. The maximum Gasteiger partial charge on any atom is 0.203 e. The van der Waals surface area contributed by atoms with Crippen molar-refractivity contribution in [3.05, 3.63) is 77.5 Å². The lowest BCUT2D eigenvalue weighted by molar-refractivity contribution is 0.0504. The molecule has 0 bridgehead atoms. The van der Waals surface area contributed by atoms with Gasteiger partial charge in [0.25, 0.3) is 0 Å². The monoisotopic (exact) mass is 395 g/mol. The molecule has 2 aliphatic carbocycles. The van der Waals surface area contributed by atoms with Gasteiger partial charge in [0.2, 0.25) is 5.75 Å². The van der Waals surface area contributed by atoms with Gasteiger partial charge in [-0.05, 0) is 42.9 Å². The second-order valence-corrected chi connectivity index (χ2v) is 7.15. The van der Waals surface area contributed by atoms with E-state index in [1.165, 1.54) is 11.1 Å². The summed E-state index contributed by atoms with van der Waals surface area (Å²) in [6, 6.07) is 3.84. The van der Waals surface area contributed by atoms with Crippen LogP contribution in [-0.4, -0.2) is 52.5 Å². The lowest BCUT2D eigenvalue weighted by atomic mass is 9.80. The first kappa shape index (κ1) is 21.0. The minimum atomic E-state index is -0.344. The van der Waals surface area contributed by atoms with Gasteiger partial charge in [0.1, 0.15) is 0 Å². The highest BCUT2D eigenvalue weighted by atomic mass is 16.5. The third-order valence-corrected chi connectivity index (χ3v) is 5.30. The zero-order chi connectivity index (χ0) is 20.9. The van der Waals surface area contributed by atoms with Crippen LogP contribution in [0.5, 0.6) is 17.2 Å². The van der Waals surface area contributed by atoms with E-state index in [2.05, 4.69) is 61.5 Å². The summed E-state index contributed by atoms with van der Waals surface area (Å²) in [5.74, 6) is 1.82. The number of ether oxygens (including phenoxy) is 4. The van der Waals surface area contributed by atoms with Crippen LogP contribution in [0, 0.1) is 0 Å². The number of nitrogens with zero attached hydrogens (tertiary/aromatic N) is 1. The Labute approximate surface area is 173 Å². The largest absolute Gasteiger partial charge is 0.493 e. The first-order valence-electron chi connectivity index (χ1n) is 9.55. The zero-order valence-corrected chi connectivity index (χ0v) is 17.8. The Balaban J connectivity index is 1.82. The second-order valence-electron chi connectivity index (χ2n) is 7.15. The molecule has 29 heavy (non-hydrogen) atoms. The van der Waals surface area contributed by atoms with Crippen LogP contribution in [0.4, 0.5) is 0 Å². The fourth-order valence-corrected chi connectivity index (χ4v) is 3.69. The van der Waals surface area contributed by atoms with E-state index in [0.717, 1.165) is 5.56 Å². The second kappa shape index (κ2) is 9.16. The molecule has 0 aliphatic heterocycles. The number of fused-ring (bicyclic) bond motifs is 1. The number of hydrogen-bond donors (Lipinski definition) is 0. The quantitative estimate of drug-likeness (QED) is 0.663. The zero-order valence-electron chi connectivity index (χ0n) is 17.8. The smallest absolute Gasteiger partial charge is 0.203 e. The summed E-state index contributed by atoms with van der Waals surface area (Å²) in [5, 5.41) is 0. The molecule has 0 heterocycles. The predicted octanol–water partition coefficient (Wildman–Crippen LogP) is 4.08. The highest BCUT2D eigenvalue weighted by Crippen LogP contribution is 2.39. The highest BCUT2D eigenvalue weighted by Gasteiger charge is 2.37. The Morgan fingerprint density at radius 3 is 2.21 bits per heavy atom. The van der Waals surface area contributed by atoms with Crippen LogP contribution >= 0.6 is 0 Å². The number of benzene rings is 1. The van der Waals surface area contributed by atoms with E-state index in [1.807, 2.05) is 18.2 Å². The van der Waals surface area contributed by atoms with Crippen LogP contribution in [-0.2, 0) is 11.3 Å². The number of hydrogen-bond acceptors (Lipinski definition) is 5. The van der Waals surface area contributed by atoms with Gasteiger partial charge in [-0.2, -0.15) is 0 Å². The van der Waals surface area contributed by atoms with Crippen LogP contribution in [0.25, 0.3) is 0 Å². The molecule has 1 unspecified atom stereocenters. The SMILES string of the molecule is COc1cc(COCC2(N(C)C)C=CC=C3C=CC=CC=C32)cc(OC)c1OC. The molecule has 0 saturated carbocycles. The minimum Gasteiger partial charge on any atom is -0.493 e. The van der Waals surface area contributed by atoms with Gasteiger partial charge >= 0.3 is 0 Å². The first-order chi connectivity index (χ1) is 14.1. The topological polar surface area (TPSA) is 40.2 Å². The van der Waals surface area contributed by atoms with Crippen LogP contribution in [0.15, 0.2) is 71.9 Å². The van der Waals surface area contributed by atoms with E-state index < -0.39 is 0 Å². The molecule has 1 aromatic rings. The van der Waals surface area contributed by atoms with Crippen molar-refractivity contribution >= 4 is 0 Å². The molecule has 0 radical (unpaired) electrons.